The molecule has 0 bridgehead atoms. The molecule has 0 amide bonds. The molecule has 5 nitrogen and oxygen atoms in total. The second-order valence-electron chi connectivity index (χ2n) is 17.9. The minimum Gasteiger partial charge on any atom is -0.456 e. The maximum atomic E-state index is 6.64. The molecular formula is C60H37N3O2S. The molecule has 0 N–H and O–H groups in total. The zero-order valence-corrected chi connectivity index (χ0v) is 36.8. The molecule has 14 rings (SSSR count). The predicted molar refractivity (Wildman–Crippen MR) is 272 cm³/mol. The summed E-state index contributed by atoms with van der Waals surface area (Å²) in [6.45, 7) is 4.60. The SMILES string of the molecule is CC1(C)c2ccccc2-c2ccc(-c3nc(-c4ccccc4)nc(-c4cccc5oc6ccc(-c7cccc8oc9cc(-c%10ccc%11c(c%10)sc%10ccccc%10%11)ccc9c78)cc6c45)n3)cc21. The van der Waals surface area contributed by atoms with Gasteiger partial charge in [-0.3, -0.25) is 0 Å². The molecule has 4 heterocycles. The van der Waals surface area contributed by atoms with E-state index >= 15 is 0 Å². The molecule has 0 atom stereocenters. The van der Waals surface area contributed by atoms with Crippen molar-refractivity contribution in [1.29, 1.82) is 0 Å². The van der Waals surface area contributed by atoms with Gasteiger partial charge in [-0.25, -0.2) is 15.0 Å². The Morgan fingerprint density at radius 1 is 0.348 bits per heavy atom. The van der Waals surface area contributed by atoms with Gasteiger partial charge >= 0.3 is 0 Å². The first-order valence-electron chi connectivity index (χ1n) is 22.3. The van der Waals surface area contributed by atoms with Crippen LogP contribution in [0.15, 0.2) is 197 Å². The molecule has 0 spiro atoms. The van der Waals surface area contributed by atoms with E-state index in [-0.39, 0.29) is 5.41 Å². The lowest BCUT2D eigenvalue weighted by Gasteiger charge is -2.21. The van der Waals surface area contributed by atoms with Crippen molar-refractivity contribution in [3.63, 3.8) is 0 Å². The van der Waals surface area contributed by atoms with Gasteiger partial charge in [0.1, 0.15) is 22.3 Å². The van der Waals surface area contributed by atoms with Gasteiger partial charge in [0.25, 0.3) is 0 Å². The largest absolute Gasteiger partial charge is 0.456 e. The summed E-state index contributed by atoms with van der Waals surface area (Å²) < 4.78 is 15.8. The zero-order chi connectivity index (χ0) is 43.7. The van der Waals surface area contributed by atoms with Crippen LogP contribution in [-0.4, -0.2) is 15.0 Å². The molecule has 66 heavy (non-hydrogen) atoms. The molecule has 0 aliphatic heterocycles. The van der Waals surface area contributed by atoms with Crippen LogP contribution in [0.25, 0.3) is 132 Å². The predicted octanol–water partition coefficient (Wildman–Crippen LogP) is 16.7. The molecule has 9 aromatic carbocycles. The van der Waals surface area contributed by atoms with Crippen molar-refractivity contribution in [3.8, 4) is 67.5 Å². The van der Waals surface area contributed by atoms with E-state index in [4.69, 9.17) is 23.8 Å². The Labute approximate surface area is 383 Å². The van der Waals surface area contributed by atoms with E-state index in [2.05, 4.69) is 172 Å². The summed E-state index contributed by atoms with van der Waals surface area (Å²) in [5.74, 6) is 1.83. The highest BCUT2D eigenvalue weighted by molar-refractivity contribution is 7.25. The van der Waals surface area contributed by atoms with Gasteiger partial charge in [-0.15, -0.1) is 11.3 Å². The highest BCUT2D eigenvalue weighted by Gasteiger charge is 2.35. The van der Waals surface area contributed by atoms with Crippen LogP contribution in [0.4, 0.5) is 0 Å². The minimum absolute atomic E-state index is 0.162. The van der Waals surface area contributed by atoms with E-state index in [1.54, 1.807) is 0 Å². The molecule has 6 heteroatoms. The molecular weight excluding hydrogens is 827 g/mol. The summed E-state index contributed by atoms with van der Waals surface area (Å²) in [4.78, 5) is 15.6. The Morgan fingerprint density at radius 2 is 0.970 bits per heavy atom. The number of hydrogen-bond donors (Lipinski definition) is 0. The molecule has 310 valence electrons. The van der Waals surface area contributed by atoms with Gasteiger partial charge in [0.05, 0.1) is 0 Å². The molecule has 0 saturated heterocycles. The lowest BCUT2D eigenvalue weighted by Crippen LogP contribution is -2.15. The van der Waals surface area contributed by atoms with Crippen LogP contribution >= 0.6 is 11.3 Å². The Balaban J connectivity index is 0.901. The number of fused-ring (bicyclic) bond motifs is 12. The van der Waals surface area contributed by atoms with Gasteiger partial charge in [-0.05, 0) is 99.1 Å². The molecule has 1 aliphatic carbocycles. The lowest BCUT2D eigenvalue weighted by atomic mass is 9.82. The average molecular weight is 864 g/mol. The molecule has 0 saturated carbocycles. The number of aromatic nitrogens is 3. The first-order chi connectivity index (χ1) is 32.4. The van der Waals surface area contributed by atoms with Crippen LogP contribution < -0.4 is 0 Å². The minimum atomic E-state index is -0.162. The van der Waals surface area contributed by atoms with Gasteiger partial charge in [-0.1, -0.05) is 147 Å². The summed E-state index contributed by atoms with van der Waals surface area (Å²) in [5, 5.41) is 6.71. The van der Waals surface area contributed by atoms with E-state index in [0.717, 1.165) is 77.3 Å². The van der Waals surface area contributed by atoms with Crippen molar-refractivity contribution in [2.24, 2.45) is 0 Å². The second kappa shape index (κ2) is 13.9. The van der Waals surface area contributed by atoms with Crippen molar-refractivity contribution >= 4 is 75.4 Å². The van der Waals surface area contributed by atoms with Gasteiger partial charge in [0.2, 0.25) is 0 Å². The maximum Gasteiger partial charge on any atom is 0.164 e. The molecule has 0 radical (unpaired) electrons. The quantitative estimate of drug-likeness (QED) is 0.172. The van der Waals surface area contributed by atoms with Crippen molar-refractivity contribution < 1.29 is 8.83 Å². The van der Waals surface area contributed by atoms with Crippen LogP contribution in [0.3, 0.4) is 0 Å². The normalized spacial score (nSPS) is 13.1. The zero-order valence-electron chi connectivity index (χ0n) is 36.0. The molecule has 4 aromatic heterocycles. The number of furan rings is 2. The number of hydrogen-bond acceptors (Lipinski definition) is 6. The third-order valence-corrected chi connectivity index (χ3v) is 14.9. The maximum absolute atomic E-state index is 6.64. The van der Waals surface area contributed by atoms with E-state index < -0.39 is 0 Å². The van der Waals surface area contributed by atoms with E-state index in [0.29, 0.717) is 17.5 Å². The van der Waals surface area contributed by atoms with Crippen molar-refractivity contribution in [2.75, 3.05) is 0 Å². The van der Waals surface area contributed by atoms with Crippen LogP contribution in [0.1, 0.15) is 25.0 Å². The van der Waals surface area contributed by atoms with Gasteiger partial charge in [-0.2, -0.15) is 0 Å². The highest BCUT2D eigenvalue weighted by Crippen LogP contribution is 2.50. The number of benzene rings is 9. The third kappa shape index (κ3) is 5.55. The standard InChI is InChI=1S/C60H37N3O2S/c1-60(2)47-18-8-6-14-40(47)41-26-24-38(31-48(41)60)58-61-57(34-12-4-3-5-13-34)62-59(63-58)45-17-11-20-51-56(45)46-30-37(25-29-49(46)64-51)39-16-10-19-50-55(39)44-28-23-35(32-52(44)65-50)36-22-27-43-42-15-7-9-21-53(42)66-54(43)33-36/h3-33H,1-2H3. The summed E-state index contributed by atoms with van der Waals surface area (Å²) in [6.07, 6.45) is 0. The molecule has 1 aliphatic rings. The fraction of sp³-hybridized carbons (Fsp3) is 0.0500. The van der Waals surface area contributed by atoms with Crippen molar-refractivity contribution in [3.05, 3.63) is 199 Å². The highest BCUT2D eigenvalue weighted by atomic mass is 32.1. The van der Waals surface area contributed by atoms with E-state index in [1.807, 2.05) is 41.7 Å². The Kier molecular flexibility index (Phi) is 7.84. The van der Waals surface area contributed by atoms with Gasteiger partial charge in [0, 0.05) is 63.8 Å². The fourth-order valence-corrected chi connectivity index (χ4v) is 11.7. The summed E-state index contributed by atoms with van der Waals surface area (Å²) in [5.41, 5.74) is 15.5. The van der Waals surface area contributed by atoms with Crippen LogP contribution in [0, 0.1) is 0 Å². The molecule has 13 aromatic rings. The summed E-state index contributed by atoms with van der Waals surface area (Å²) in [7, 11) is 0. The average Bonchev–Trinajstić information content (AvgIpc) is 4.11. The van der Waals surface area contributed by atoms with Crippen molar-refractivity contribution in [1.82, 2.24) is 15.0 Å². The summed E-state index contributed by atoms with van der Waals surface area (Å²) >= 11 is 1.84. The Morgan fingerprint density at radius 3 is 1.83 bits per heavy atom. The Hall–Kier alpha value is -8.19. The molecule has 0 fully saturated rings. The number of nitrogens with zero attached hydrogens (tertiary/aromatic N) is 3. The second-order valence-corrected chi connectivity index (χ2v) is 19.0. The van der Waals surface area contributed by atoms with Crippen molar-refractivity contribution in [2.45, 2.75) is 19.3 Å². The monoisotopic (exact) mass is 863 g/mol. The summed E-state index contributed by atoms with van der Waals surface area (Å²) in [6, 6.07) is 66.5. The molecule has 0 unspecified atom stereocenters. The fourth-order valence-electron chi connectivity index (χ4n) is 10.5. The first-order valence-corrected chi connectivity index (χ1v) is 23.1. The smallest absolute Gasteiger partial charge is 0.164 e. The topological polar surface area (TPSA) is 65.0 Å². The van der Waals surface area contributed by atoms with E-state index in [9.17, 15) is 0 Å². The lowest BCUT2D eigenvalue weighted by molar-refractivity contribution is 0.660. The number of rotatable bonds is 5. The van der Waals surface area contributed by atoms with Crippen LogP contribution in [0.2, 0.25) is 0 Å². The van der Waals surface area contributed by atoms with Crippen LogP contribution in [0.5, 0.6) is 0 Å². The Bertz CT molecular complexity index is 4160. The van der Waals surface area contributed by atoms with E-state index in [1.165, 1.54) is 48.0 Å². The van der Waals surface area contributed by atoms with Crippen LogP contribution in [-0.2, 0) is 5.41 Å². The van der Waals surface area contributed by atoms with Gasteiger partial charge < -0.3 is 8.83 Å². The van der Waals surface area contributed by atoms with Gasteiger partial charge in [0.15, 0.2) is 17.5 Å². The third-order valence-electron chi connectivity index (χ3n) is 13.8. The first kappa shape index (κ1) is 37.2. The number of thiophene rings is 1.